The summed E-state index contributed by atoms with van der Waals surface area (Å²) in [4.78, 5) is 40.0. The number of amides is 2. The van der Waals surface area contributed by atoms with Crippen molar-refractivity contribution in [3.8, 4) is 10.8 Å². The van der Waals surface area contributed by atoms with E-state index in [1.54, 1.807) is 37.9 Å². The predicted octanol–water partition coefficient (Wildman–Crippen LogP) is 1.54. The largest absolute Gasteiger partial charge is 0.347 e. The zero-order valence-electron chi connectivity index (χ0n) is 13.4. The maximum Gasteiger partial charge on any atom is 0.273 e. The van der Waals surface area contributed by atoms with E-state index in [1.807, 2.05) is 6.92 Å². The Morgan fingerprint density at radius 3 is 2.52 bits per heavy atom. The molecule has 0 unspecified atom stereocenters. The minimum atomic E-state index is -0.250. The topological polar surface area (TPSA) is 79.3 Å². The fourth-order valence-electron chi connectivity index (χ4n) is 1.87. The molecule has 0 atom stereocenters. The van der Waals surface area contributed by atoms with Gasteiger partial charge in [0.05, 0.1) is 0 Å². The highest BCUT2D eigenvalue weighted by Crippen LogP contribution is 2.20. The van der Waals surface area contributed by atoms with Crippen LogP contribution >= 0.6 is 11.3 Å². The van der Waals surface area contributed by atoms with Gasteiger partial charge in [0.15, 0.2) is 10.8 Å². The van der Waals surface area contributed by atoms with Gasteiger partial charge in [-0.3, -0.25) is 9.59 Å². The fourth-order valence-corrected chi connectivity index (χ4v) is 2.61. The maximum absolute atomic E-state index is 12.6. The Hall–Kier alpha value is -2.35. The van der Waals surface area contributed by atoms with Crippen LogP contribution in [-0.4, -0.2) is 63.8 Å². The van der Waals surface area contributed by atoms with E-state index in [0.717, 1.165) is 6.42 Å². The van der Waals surface area contributed by atoms with Gasteiger partial charge in [0.25, 0.3) is 5.91 Å². The number of hydrogen-bond donors (Lipinski definition) is 0. The van der Waals surface area contributed by atoms with Crippen LogP contribution in [0.1, 0.15) is 23.8 Å². The molecule has 0 N–H and O–H groups in total. The predicted molar refractivity (Wildman–Crippen MR) is 88.0 cm³/mol. The Labute approximate surface area is 139 Å². The van der Waals surface area contributed by atoms with Gasteiger partial charge >= 0.3 is 0 Å². The van der Waals surface area contributed by atoms with Crippen LogP contribution in [0.4, 0.5) is 0 Å². The molecule has 0 bridgehead atoms. The number of carbonyl (C=O) groups excluding carboxylic acids is 2. The van der Waals surface area contributed by atoms with Gasteiger partial charge in [-0.15, -0.1) is 11.3 Å². The highest BCUT2D eigenvalue weighted by molar-refractivity contribution is 7.13. The molecule has 7 nitrogen and oxygen atoms in total. The molecule has 0 aromatic carbocycles. The van der Waals surface area contributed by atoms with Crippen molar-refractivity contribution in [3.05, 3.63) is 29.5 Å². The first-order chi connectivity index (χ1) is 11.0. The molecule has 0 spiro atoms. The van der Waals surface area contributed by atoms with E-state index in [2.05, 4.69) is 15.0 Å². The molecule has 0 aliphatic heterocycles. The van der Waals surface area contributed by atoms with Crippen molar-refractivity contribution in [3.63, 3.8) is 0 Å². The van der Waals surface area contributed by atoms with Crippen molar-refractivity contribution in [1.82, 2.24) is 24.8 Å². The van der Waals surface area contributed by atoms with Crippen molar-refractivity contribution in [2.24, 2.45) is 0 Å². The van der Waals surface area contributed by atoms with Crippen molar-refractivity contribution >= 4 is 23.2 Å². The first-order valence-corrected chi connectivity index (χ1v) is 8.13. The second kappa shape index (κ2) is 7.77. The third kappa shape index (κ3) is 4.32. The second-order valence-corrected chi connectivity index (χ2v) is 5.98. The number of carbonyl (C=O) groups is 2. The van der Waals surface area contributed by atoms with Crippen molar-refractivity contribution in [2.45, 2.75) is 13.3 Å². The molecule has 0 saturated carbocycles. The number of thiazole rings is 1. The molecule has 0 aliphatic rings. The number of hydrogen-bond acceptors (Lipinski definition) is 6. The van der Waals surface area contributed by atoms with E-state index >= 15 is 0 Å². The molecule has 2 aromatic rings. The molecular formula is C15H19N5O2S. The molecule has 8 heteroatoms. The molecule has 2 rings (SSSR count). The summed E-state index contributed by atoms with van der Waals surface area (Å²) < 4.78 is 0. The van der Waals surface area contributed by atoms with Crippen LogP contribution in [-0.2, 0) is 4.79 Å². The van der Waals surface area contributed by atoms with E-state index in [1.165, 1.54) is 21.1 Å². The summed E-state index contributed by atoms with van der Waals surface area (Å²) in [6.07, 6.45) is 4.03. The minimum absolute atomic E-state index is 0.0500. The molecule has 23 heavy (non-hydrogen) atoms. The minimum Gasteiger partial charge on any atom is -0.347 e. The summed E-state index contributed by atoms with van der Waals surface area (Å²) in [6.45, 7) is 2.52. The average Bonchev–Trinajstić information content (AvgIpc) is 3.04. The number of rotatable bonds is 6. The second-order valence-electron chi connectivity index (χ2n) is 5.13. The van der Waals surface area contributed by atoms with Crippen molar-refractivity contribution in [2.75, 3.05) is 27.2 Å². The fraction of sp³-hybridized carbons (Fsp3) is 0.400. The standard InChI is InChI=1S/C15H19N5O2S/c1-4-8-20(9-12(21)19(2)3)15(22)11-10-23-14(18-11)13-16-6-5-7-17-13/h5-7,10H,4,8-9H2,1-3H3. The molecule has 2 heterocycles. The molecule has 0 saturated heterocycles. The third-order valence-corrected chi connectivity index (χ3v) is 3.92. The maximum atomic E-state index is 12.6. The van der Waals surface area contributed by atoms with E-state index in [0.29, 0.717) is 23.1 Å². The van der Waals surface area contributed by atoms with Crippen LogP contribution in [0.25, 0.3) is 10.8 Å². The number of aromatic nitrogens is 3. The van der Waals surface area contributed by atoms with Crippen LogP contribution in [0.2, 0.25) is 0 Å². The molecule has 0 aliphatic carbocycles. The lowest BCUT2D eigenvalue weighted by Gasteiger charge is -2.22. The molecule has 2 aromatic heterocycles. The Morgan fingerprint density at radius 1 is 1.22 bits per heavy atom. The third-order valence-electron chi connectivity index (χ3n) is 3.09. The van der Waals surface area contributed by atoms with Crippen LogP contribution in [0.5, 0.6) is 0 Å². The lowest BCUT2D eigenvalue weighted by molar-refractivity contribution is -0.129. The van der Waals surface area contributed by atoms with E-state index in [9.17, 15) is 9.59 Å². The Balaban J connectivity index is 2.17. The van der Waals surface area contributed by atoms with E-state index in [-0.39, 0.29) is 18.4 Å². The van der Waals surface area contributed by atoms with Crippen molar-refractivity contribution < 1.29 is 9.59 Å². The summed E-state index contributed by atoms with van der Waals surface area (Å²) in [5.74, 6) is 0.122. The van der Waals surface area contributed by atoms with Gasteiger partial charge in [0.2, 0.25) is 5.91 Å². The first-order valence-electron chi connectivity index (χ1n) is 7.25. The summed E-state index contributed by atoms with van der Waals surface area (Å²) in [6, 6.07) is 1.72. The van der Waals surface area contributed by atoms with Gasteiger partial charge in [-0.2, -0.15) is 0 Å². The lowest BCUT2D eigenvalue weighted by Crippen LogP contribution is -2.40. The average molecular weight is 333 g/mol. The van der Waals surface area contributed by atoms with Crippen LogP contribution in [0, 0.1) is 0 Å². The number of nitrogens with zero attached hydrogens (tertiary/aromatic N) is 5. The summed E-state index contributed by atoms with van der Waals surface area (Å²) >= 11 is 1.31. The smallest absolute Gasteiger partial charge is 0.273 e. The molecule has 0 fully saturated rings. The lowest BCUT2D eigenvalue weighted by atomic mass is 10.3. The summed E-state index contributed by atoms with van der Waals surface area (Å²) in [5.41, 5.74) is 0.317. The van der Waals surface area contributed by atoms with Gasteiger partial charge in [-0.05, 0) is 12.5 Å². The monoisotopic (exact) mass is 333 g/mol. The normalized spacial score (nSPS) is 10.4. The van der Waals surface area contributed by atoms with Gasteiger partial charge in [0.1, 0.15) is 12.2 Å². The Morgan fingerprint density at radius 2 is 1.91 bits per heavy atom. The van der Waals surface area contributed by atoms with Gasteiger partial charge in [-0.25, -0.2) is 15.0 Å². The highest BCUT2D eigenvalue weighted by atomic mass is 32.1. The van der Waals surface area contributed by atoms with Crippen LogP contribution < -0.4 is 0 Å². The van der Waals surface area contributed by atoms with E-state index in [4.69, 9.17) is 0 Å². The summed E-state index contributed by atoms with van der Waals surface area (Å²) in [7, 11) is 3.34. The Bertz CT molecular complexity index is 672. The molecule has 0 radical (unpaired) electrons. The van der Waals surface area contributed by atoms with Gasteiger partial charge < -0.3 is 9.80 Å². The van der Waals surface area contributed by atoms with Crippen LogP contribution in [0.15, 0.2) is 23.8 Å². The Kier molecular flexibility index (Phi) is 5.75. The molecular weight excluding hydrogens is 314 g/mol. The van der Waals surface area contributed by atoms with Gasteiger partial charge in [0, 0.05) is 38.4 Å². The summed E-state index contributed by atoms with van der Waals surface area (Å²) in [5, 5.41) is 2.26. The number of likely N-dealkylation sites (N-methyl/N-ethyl adjacent to an activating group) is 1. The SMILES string of the molecule is CCCN(CC(=O)N(C)C)C(=O)c1csc(-c2ncccn2)n1. The quantitative estimate of drug-likeness (QED) is 0.801. The van der Waals surface area contributed by atoms with E-state index < -0.39 is 0 Å². The first kappa shape index (κ1) is 17.0. The zero-order chi connectivity index (χ0) is 16.8. The van der Waals surface area contributed by atoms with Crippen LogP contribution in [0.3, 0.4) is 0 Å². The molecule has 2 amide bonds. The van der Waals surface area contributed by atoms with Gasteiger partial charge in [-0.1, -0.05) is 6.92 Å². The molecule has 122 valence electrons. The van der Waals surface area contributed by atoms with Crippen molar-refractivity contribution in [1.29, 1.82) is 0 Å². The zero-order valence-corrected chi connectivity index (χ0v) is 14.2. The highest BCUT2D eigenvalue weighted by Gasteiger charge is 2.22.